The van der Waals surface area contributed by atoms with Crippen molar-refractivity contribution in [3.05, 3.63) is 46.6 Å². The minimum absolute atomic E-state index is 0.0547. The van der Waals surface area contributed by atoms with E-state index in [1.165, 1.54) is 11.1 Å². The van der Waals surface area contributed by atoms with Crippen molar-refractivity contribution in [2.75, 3.05) is 6.26 Å². The smallest absolute Gasteiger partial charge is 0.355 e. The van der Waals surface area contributed by atoms with Gasteiger partial charge in [0, 0.05) is 5.56 Å². The Morgan fingerprint density at radius 1 is 1.11 bits per heavy atom. The molecule has 0 saturated carbocycles. The first-order valence-electron chi connectivity index (χ1n) is 8.64. The van der Waals surface area contributed by atoms with Crippen molar-refractivity contribution in [3.8, 4) is 5.88 Å². The number of rotatable bonds is 3. The van der Waals surface area contributed by atoms with Gasteiger partial charge in [-0.15, -0.1) is 0 Å². The van der Waals surface area contributed by atoms with E-state index in [1.807, 2.05) is 12.1 Å². The van der Waals surface area contributed by atoms with Gasteiger partial charge in [-0.2, -0.15) is 26.6 Å². The molecule has 1 aromatic carbocycles. The Balaban J connectivity index is 1.70. The lowest BCUT2D eigenvalue weighted by molar-refractivity contribution is -0.0502. The first kappa shape index (κ1) is 19.5. The maximum atomic E-state index is 12.8. The summed E-state index contributed by atoms with van der Waals surface area (Å²) >= 11 is 1.13. The van der Waals surface area contributed by atoms with Gasteiger partial charge in [-0.1, -0.05) is 36.0 Å². The highest BCUT2D eigenvalue weighted by atomic mass is 32.2. The summed E-state index contributed by atoms with van der Waals surface area (Å²) in [5.41, 5.74) is -2.07. The number of thioether (sulfide) groups is 1. The molecule has 1 aromatic heterocycles. The lowest BCUT2D eigenvalue weighted by Crippen LogP contribution is -2.33. The molecule has 0 amide bonds. The maximum Gasteiger partial charge on any atom is 0.534 e. The molecule has 150 valence electrons. The van der Waals surface area contributed by atoms with E-state index in [-0.39, 0.29) is 10.6 Å². The molecule has 0 radical (unpaired) electrons. The van der Waals surface area contributed by atoms with E-state index >= 15 is 0 Å². The SMILES string of the molecule is CSc1nc2c(c(OS(=O)(=O)C(F)(F)F)n1)CCC1(Cc3ccccc3C1)C2. The van der Waals surface area contributed by atoms with Gasteiger partial charge < -0.3 is 4.18 Å². The van der Waals surface area contributed by atoms with Crippen LogP contribution >= 0.6 is 11.8 Å². The molecule has 0 bridgehead atoms. The number of hydrogen-bond acceptors (Lipinski definition) is 6. The van der Waals surface area contributed by atoms with Crippen molar-refractivity contribution < 1.29 is 25.8 Å². The second kappa shape index (κ2) is 6.62. The first-order chi connectivity index (χ1) is 13.1. The summed E-state index contributed by atoms with van der Waals surface area (Å²) < 4.78 is 65.7. The molecule has 2 aromatic rings. The number of halogens is 3. The van der Waals surface area contributed by atoms with Crippen LogP contribution in [0.1, 0.15) is 28.8 Å². The molecule has 0 aliphatic heterocycles. The first-order valence-corrected chi connectivity index (χ1v) is 11.3. The Labute approximate surface area is 164 Å². The van der Waals surface area contributed by atoms with Crippen LogP contribution in [0.25, 0.3) is 0 Å². The normalized spacial score (nSPS) is 18.0. The lowest BCUT2D eigenvalue weighted by Gasteiger charge is -2.34. The van der Waals surface area contributed by atoms with Gasteiger partial charge >= 0.3 is 15.6 Å². The summed E-state index contributed by atoms with van der Waals surface area (Å²) in [5, 5.41) is 0.193. The molecule has 0 saturated heterocycles. The van der Waals surface area contributed by atoms with Gasteiger partial charge in [-0.3, -0.25) is 0 Å². The molecule has 5 nitrogen and oxygen atoms in total. The highest BCUT2D eigenvalue weighted by Gasteiger charge is 2.50. The van der Waals surface area contributed by atoms with Crippen molar-refractivity contribution >= 4 is 21.9 Å². The number of nitrogens with zero attached hydrogens (tertiary/aromatic N) is 2. The van der Waals surface area contributed by atoms with Crippen LogP contribution < -0.4 is 4.18 Å². The van der Waals surface area contributed by atoms with Gasteiger partial charge in [-0.05, 0) is 54.9 Å². The summed E-state index contributed by atoms with van der Waals surface area (Å²) in [7, 11) is -5.78. The topological polar surface area (TPSA) is 69.2 Å². The molecule has 2 aliphatic carbocycles. The summed E-state index contributed by atoms with van der Waals surface area (Å²) in [6.45, 7) is 0. The van der Waals surface area contributed by atoms with E-state index in [0.29, 0.717) is 30.5 Å². The lowest BCUT2D eigenvalue weighted by atomic mass is 9.71. The zero-order valence-electron chi connectivity index (χ0n) is 14.9. The summed E-state index contributed by atoms with van der Waals surface area (Å²) in [6, 6.07) is 8.18. The molecule has 10 heteroatoms. The summed E-state index contributed by atoms with van der Waals surface area (Å²) in [4.78, 5) is 8.37. The van der Waals surface area contributed by atoms with E-state index in [9.17, 15) is 21.6 Å². The molecular formula is C18H17F3N2O3S2. The number of fused-ring (bicyclic) bond motifs is 2. The van der Waals surface area contributed by atoms with Gasteiger partial charge in [0.2, 0.25) is 5.88 Å². The van der Waals surface area contributed by atoms with Crippen LogP contribution in [0.2, 0.25) is 0 Å². The number of alkyl halides is 3. The van der Waals surface area contributed by atoms with Crippen LogP contribution in [0.5, 0.6) is 5.88 Å². The van der Waals surface area contributed by atoms with Crippen molar-refractivity contribution in [3.63, 3.8) is 0 Å². The van der Waals surface area contributed by atoms with Crippen LogP contribution in [-0.4, -0.2) is 30.1 Å². The van der Waals surface area contributed by atoms with Crippen LogP contribution in [0, 0.1) is 5.41 Å². The van der Waals surface area contributed by atoms with Gasteiger partial charge in [0.1, 0.15) is 0 Å². The zero-order valence-corrected chi connectivity index (χ0v) is 16.5. The average molecular weight is 430 g/mol. The monoisotopic (exact) mass is 430 g/mol. The Bertz CT molecular complexity index is 1010. The Kier molecular flexibility index (Phi) is 4.61. The van der Waals surface area contributed by atoms with Gasteiger partial charge in [-0.25, -0.2) is 4.98 Å². The Hall–Kier alpha value is -1.81. The van der Waals surface area contributed by atoms with Crippen molar-refractivity contribution in [2.45, 2.75) is 42.8 Å². The largest absolute Gasteiger partial charge is 0.534 e. The Morgan fingerprint density at radius 3 is 2.32 bits per heavy atom. The molecular weight excluding hydrogens is 413 g/mol. The van der Waals surface area contributed by atoms with Crippen molar-refractivity contribution in [1.82, 2.24) is 9.97 Å². The minimum Gasteiger partial charge on any atom is -0.355 e. The molecule has 0 atom stereocenters. The van der Waals surface area contributed by atoms with Crippen molar-refractivity contribution in [2.24, 2.45) is 5.41 Å². The number of hydrogen-bond donors (Lipinski definition) is 0. The standard InChI is InChI=1S/C18H17F3N2O3S2/c1-27-16-22-14-10-17(8-11-4-2-3-5-12(11)9-17)7-6-13(14)15(23-16)26-28(24,25)18(19,20)21/h2-5H,6-10H2,1H3. The quantitative estimate of drug-likeness (QED) is 0.320. The van der Waals surface area contributed by atoms with Crippen molar-refractivity contribution in [1.29, 1.82) is 0 Å². The third-order valence-electron chi connectivity index (χ3n) is 5.39. The summed E-state index contributed by atoms with van der Waals surface area (Å²) in [6.07, 6.45) is 5.06. The van der Waals surface area contributed by atoms with Crippen LogP contribution in [0.3, 0.4) is 0 Å². The van der Waals surface area contributed by atoms with Crippen LogP contribution in [0.15, 0.2) is 29.4 Å². The Morgan fingerprint density at radius 2 is 1.75 bits per heavy atom. The van der Waals surface area contributed by atoms with Gasteiger partial charge in [0.15, 0.2) is 5.16 Å². The van der Waals surface area contributed by atoms with Gasteiger partial charge in [0.05, 0.1) is 5.69 Å². The van der Waals surface area contributed by atoms with E-state index in [1.54, 1.807) is 6.26 Å². The fourth-order valence-corrected chi connectivity index (χ4v) is 4.92. The van der Waals surface area contributed by atoms with E-state index in [2.05, 4.69) is 26.3 Å². The highest BCUT2D eigenvalue weighted by Crippen LogP contribution is 2.47. The second-order valence-electron chi connectivity index (χ2n) is 7.22. The predicted octanol–water partition coefficient (Wildman–Crippen LogP) is 3.70. The highest BCUT2D eigenvalue weighted by molar-refractivity contribution is 7.98. The van der Waals surface area contributed by atoms with Gasteiger partial charge in [0.25, 0.3) is 0 Å². The molecule has 0 unspecified atom stereocenters. The van der Waals surface area contributed by atoms with E-state index in [4.69, 9.17) is 0 Å². The van der Waals surface area contributed by atoms with E-state index < -0.39 is 21.5 Å². The number of aromatic nitrogens is 2. The number of benzene rings is 1. The van der Waals surface area contributed by atoms with E-state index in [0.717, 1.165) is 24.6 Å². The molecule has 2 aliphatic rings. The predicted molar refractivity (Wildman–Crippen MR) is 97.7 cm³/mol. The third-order valence-corrected chi connectivity index (χ3v) is 6.88. The fraction of sp³-hybridized carbons (Fsp3) is 0.444. The maximum absolute atomic E-state index is 12.8. The molecule has 0 fully saturated rings. The average Bonchev–Trinajstić information content (AvgIpc) is 2.97. The zero-order chi connectivity index (χ0) is 20.2. The second-order valence-corrected chi connectivity index (χ2v) is 9.53. The summed E-state index contributed by atoms with van der Waals surface area (Å²) in [5.74, 6) is -0.503. The molecule has 28 heavy (non-hydrogen) atoms. The minimum atomic E-state index is -5.78. The molecule has 4 rings (SSSR count). The molecule has 1 heterocycles. The molecule has 1 spiro atoms. The fourth-order valence-electron chi connectivity index (χ4n) is 4.10. The van der Waals surface area contributed by atoms with Crippen LogP contribution in [-0.2, 0) is 35.8 Å². The molecule has 0 N–H and O–H groups in total. The van der Waals surface area contributed by atoms with Crippen LogP contribution in [0.4, 0.5) is 13.2 Å². The third kappa shape index (κ3) is 3.36.